The van der Waals surface area contributed by atoms with E-state index in [0.29, 0.717) is 63.5 Å². The molecule has 2 aromatic carbocycles. The number of likely N-dealkylation sites (tertiary alicyclic amines) is 1. The SMILES string of the molecule is COc1cc2nccc(Oc3ccc(NC(=S)N4CCC(O)C4)c(Cl)c3)c2cc1C(N)=O. The average molecular weight is 473 g/mol. The number of carbonyl (C=O) groups excluding carboxylic acids is 1. The van der Waals surface area contributed by atoms with E-state index in [0.717, 1.165) is 0 Å². The number of amides is 1. The number of aliphatic hydroxyl groups excluding tert-OH is 1. The third kappa shape index (κ3) is 4.55. The molecule has 0 bridgehead atoms. The molecule has 4 N–H and O–H groups in total. The van der Waals surface area contributed by atoms with Crippen molar-refractivity contribution in [2.45, 2.75) is 12.5 Å². The lowest BCUT2D eigenvalue weighted by atomic mass is 10.1. The fourth-order valence-corrected chi connectivity index (χ4v) is 4.00. The maximum Gasteiger partial charge on any atom is 0.252 e. The Balaban J connectivity index is 1.58. The topological polar surface area (TPSA) is 110 Å². The van der Waals surface area contributed by atoms with Crippen molar-refractivity contribution >= 4 is 51.4 Å². The van der Waals surface area contributed by atoms with Crippen molar-refractivity contribution in [3.8, 4) is 17.2 Å². The monoisotopic (exact) mass is 472 g/mol. The minimum atomic E-state index is -0.612. The molecule has 0 saturated carbocycles. The number of fused-ring (bicyclic) bond motifs is 1. The van der Waals surface area contributed by atoms with E-state index in [1.54, 1.807) is 42.6 Å². The largest absolute Gasteiger partial charge is 0.496 e. The Labute approximate surface area is 194 Å². The van der Waals surface area contributed by atoms with Gasteiger partial charge in [0.2, 0.25) is 0 Å². The first kappa shape index (κ1) is 22.1. The molecule has 1 aliphatic heterocycles. The third-order valence-corrected chi connectivity index (χ3v) is 5.82. The molecule has 4 rings (SSSR count). The molecule has 1 aliphatic rings. The molecule has 1 amide bonds. The van der Waals surface area contributed by atoms with Crippen LogP contribution in [0.3, 0.4) is 0 Å². The van der Waals surface area contributed by atoms with Gasteiger partial charge in [-0.1, -0.05) is 11.6 Å². The van der Waals surface area contributed by atoms with E-state index < -0.39 is 5.91 Å². The van der Waals surface area contributed by atoms with Crippen LogP contribution in [0.4, 0.5) is 5.69 Å². The molecule has 0 radical (unpaired) electrons. The fraction of sp³-hybridized carbons (Fsp3) is 0.227. The summed E-state index contributed by atoms with van der Waals surface area (Å²) in [7, 11) is 1.46. The summed E-state index contributed by atoms with van der Waals surface area (Å²) in [6.45, 7) is 1.19. The van der Waals surface area contributed by atoms with Gasteiger partial charge in [-0.25, -0.2) is 0 Å². The first-order valence-electron chi connectivity index (χ1n) is 9.83. The van der Waals surface area contributed by atoms with Gasteiger partial charge in [0, 0.05) is 36.8 Å². The standard InChI is InChI=1S/C22H21ClN4O4S/c1-30-20-10-18-14(9-15(20)21(24)29)19(4-6-25-18)31-13-2-3-17(16(23)8-13)26-22(32)27-7-5-12(28)11-27/h2-4,6,8-10,12,28H,5,7,11H2,1H3,(H2,24,29)(H,26,32). The maximum atomic E-state index is 11.8. The highest BCUT2D eigenvalue weighted by Crippen LogP contribution is 2.35. The number of pyridine rings is 1. The number of anilines is 1. The van der Waals surface area contributed by atoms with Crippen LogP contribution in [-0.2, 0) is 0 Å². The first-order valence-corrected chi connectivity index (χ1v) is 10.6. The minimum absolute atomic E-state index is 0.232. The van der Waals surface area contributed by atoms with E-state index in [-0.39, 0.29) is 11.7 Å². The molecule has 1 aromatic heterocycles. The van der Waals surface area contributed by atoms with Crippen LogP contribution in [0.25, 0.3) is 10.9 Å². The number of thiocarbonyl (C=S) groups is 1. The molecule has 2 heterocycles. The number of primary amides is 1. The van der Waals surface area contributed by atoms with E-state index in [1.807, 2.05) is 4.90 Å². The van der Waals surface area contributed by atoms with Gasteiger partial charge in [0.15, 0.2) is 5.11 Å². The molecule has 0 aliphatic carbocycles. The van der Waals surface area contributed by atoms with Gasteiger partial charge in [-0.05, 0) is 42.9 Å². The van der Waals surface area contributed by atoms with E-state index in [4.69, 9.17) is 39.0 Å². The highest BCUT2D eigenvalue weighted by atomic mass is 35.5. The number of aromatic nitrogens is 1. The number of nitrogens with zero attached hydrogens (tertiary/aromatic N) is 2. The Morgan fingerprint density at radius 2 is 2.12 bits per heavy atom. The van der Waals surface area contributed by atoms with Crippen LogP contribution in [0.2, 0.25) is 5.02 Å². The molecule has 1 saturated heterocycles. The minimum Gasteiger partial charge on any atom is -0.496 e. The molecular formula is C22H21ClN4O4S. The van der Waals surface area contributed by atoms with Crippen molar-refractivity contribution < 1.29 is 19.4 Å². The fourth-order valence-electron chi connectivity index (χ4n) is 3.51. The van der Waals surface area contributed by atoms with Gasteiger partial charge in [-0.15, -0.1) is 0 Å². The summed E-state index contributed by atoms with van der Waals surface area (Å²) in [6.07, 6.45) is 1.92. The lowest BCUT2D eigenvalue weighted by Gasteiger charge is -2.20. The summed E-state index contributed by atoms with van der Waals surface area (Å²) in [6, 6.07) is 10.1. The highest BCUT2D eigenvalue weighted by molar-refractivity contribution is 7.80. The third-order valence-electron chi connectivity index (χ3n) is 5.15. The summed E-state index contributed by atoms with van der Waals surface area (Å²) in [5.74, 6) is 0.707. The zero-order chi connectivity index (χ0) is 22.8. The quantitative estimate of drug-likeness (QED) is 0.483. The molecular weight excluding hydrogens is 452 g/mol. The number of methoxy groups -OCH3 is 1. The van der Waals surface area contributed by atoms with Crippen LogP contribution in [0, 0.1) is 0 Å². The molecule has 1 atom stereocenters. The Bertz CT molecular complexity index is 1210. The Hall–Kier alpha value is -3.14. The second-order valence-electron chi connectivity index (χ2n) is 7.31. The smallest absolute Gasteiger partial charge is 0.252 e. The van der Waals surface area contributed by atoms with Crippen LogP contribution in [0.1, 0.15) is 16.8 Å². The van der Waals surface area contributed by atoms with Crippen LogP contribution < -0.4 is 20.5 Å². The summed E-state index contributed by atoms with van der Waals surface area (Å²) in [5, 5.41) is 14.3. The number of hydrogen-bond acceptors (Lipinski definition) is 6. The Morgan fingerprint density at radius 1 is 1.31 bits per heavy atom. The van der Waals surface area contributed by atoms with E-state index in [9.17, 15) is 9.90 Å². The van der Waals surface area contributed by atoms with Crippen LogP contribution >= 0.6 is 23.8 Å². The number of nitrogens with one attached hydrogen (secondary N) is 1. The van der Waals surface area contributed by atoms with Gasteiger partial charge in [-0.2, -0.15) is 0 Å². The molecule has 3 aromatic rings. The van der Waals surface area contributed by atoms with Crippen molar-refractivity contribution in [3.63, 3.8) is 0 Å². The van der Waals surface area contributed by atoms with Crippen molar-refractivity contribution in [3.05, 3.63) is 53.2 Å². The predicted octanol–water partition coefficient (Wildman–Crippen LogP) is 3.55. The number of benzene rings is 2. The summed E-state index contributed by atoms with van der Waals surface area (Å²) < 4.78 is 11.3. The molecule has 32 heavy (non-hydrogen) atoms. The van der Waals surface area contributed by atoms with Crippen LogP contribution in [0.15, 0.2) is 42.6 Å². The zero-order valence-electron chi connectivity index (χ0n) is 17.2. The van der Waals surface area contributed by atoms with E-state index in [1.165, 1.54) is 7.11 Å². The first-order chi connectivity index (χ1) is 15.4. The number of hydrogen-bond donors (Lipinski definition) is 3. The van der Waals surface area contributed by atoms with E-state index >= 15 is 0 Å². The highest BCUT2D eigenvalue weighted by Gasteiger charge is 2.22. The summed E-state index contributed by atoms with van der Waals surface area (Å²) >= 11 is 11.9. The number of rotatable bonds is 5. The second kappa shape index (κ2) is 9.15. The zero-order valence-corrected chi connectivity index (χ0v) is 18.7. The molecule has 8 nitrogen and oxygen atoms in total. The normalized spacial score (nSPS) is 15.6. The van der Waals surface area contributed by atoms with Gasteiger partial charge in [-0.3, -0.25) is 9.78 Å². The molecule has 1 fully saturated rings. The van der Waals surface area contributed by atoms with E-state index in [2.05, 4.69) is 10.3 Å². The van der Waals surface area contributed by atoms with Gasteiger partial charge in [0.1, 0.15) is 17.2 Å². The average Bonchev–Trinajstić information content (AvgIpc) is 3.21. The molecule has 0 spiro atoms. The van der Waals surface area contributed by atoms with Crippen molar-refractivity contribution in [1.29, 1.82) is 0 Å². The lowest BCUT2D eigenvalue weighted by molar-refractivity contribution is 0.0997. The molecule has 1 unspecified atom stereocenters. The second-order valence-corrected chi connectivity index (χ2v) is 8.10. The van der Waals surface area contributed by atoms with Crippen molar-refractivity contribution in [2.75, 3.05) is 25.5 Å². The van der Waals surface area contributed by atoms with Gasteiger partial charge < -0.3 is 30.5 Å². The molecule has 10 heteroatoms. The van der Waals surface area contributed by atoms with Gasteiger partial charge in [0.05, 0.1) is 35.0 Å². The maximum absolute atomic E-state index is 11.8. The Morgan fingerprint density at radius 3 is 2.78 bits per heavy atom. The number of carbonyl (C=O) groups is 1. The number of ether oxygens (including phenoxy) is 2. The van der Waals surface area contributed by atoms with Crippen molar-refractivity contribution in [1.82, 2.24) is 9.88 Å². The van der Waals surface area contributed by atoms with Crippen molar-refractivity contribution in [2.24, 2.45) is 5.73 Å². The summed E-state index contributed by atoms with van der Waals surface area (Å²) in [4.78, 5) is 18.0. The van der Waals surface area contributed by atoms with Gasteiger partial charge >= 0.3 is 0 Å². The Kier molecular flexibility index (Phi) is 6.31. The number of β-amino-alcohol motifs (C(OH)–C–C–N with tert-alkyl or cyclic N) is 1. The van der Waals surface area contributed by atoms with Crippen LogP contribution in [0.5, 0.6) is 17.2 Å². The number of halogens is 1. The molecule has 166 valence electrons. The predicted molar refractivity (Wildman–Crippen MR) is 127 cm³/mol. The lowest BCUT2D eigenvalue weighted by Crippen LogP contribution is -2.33. The van der Waals surface area contributed by atoms with Crippen LogP contribution in [-0.4, -0.2) is 52.3 Å². The number of nitrogens with two attached hydrogens (primary N) is 1. The van der Waals surface area contributed by atoms with Gasteiger partial charge in [0.25, 0.3) is 5.91 Å². The number of aliphatic hydroxyl groups is 1. The summed E-state index contributed by atoms with van der Waals surface area (Å²) in [5.41, 5.74) is 6.93.